The van der Waals surface area contributed by atoms with Gasteiger partial charge in [-0.3, -0.25) is 9.69 Å². The van der Waals surface area contributed by atoms with Gasteiger partial charge in [0, 0.05) is 124 Å². The average molecular weight is 1010 g/mol. The zero-order chi connectivity index (χ0) is 48.9. The van der Waals surface area contributed by atoms with Crippen LogP contribution < -0.4 is 14.9 Å². The van der Waals surface area contributed by atoms with Gasteiger partial charge in [-0.2, -0.15) is 0 Å². The minimum atomic E-state index is -4.11. The summed E-state index contributed by atoms with van der Waals surface area (Å²) in [5.74, 6) is 0.638. The van der Waals surface area contributed by atoms with E-state index < -0.39 is 15.9 Å². The monoisotopic (exact) mass is 1010 g/mol. The number of allylic oxidation sites excluding steroid dienone is 1. The lowest BCUT2D eigenvalue weighted by Crippen LogP contribution is -2.48. The van der Waals surface area contributed by atoms with Gasteiger partial charge in [0.1, 0.15) is 0 Å². The fourth-order valence-electron chi connectivity index (χ4n) is 10.7. The van der Waals surface area contributed by atoms with Gasteiger partial charge >= 0.3 is 0 Å². The number of rotatable bonds is 20. The summed E-state index contributed by atoms with van der Waals surface area (Å²) in [6, 6.07) is 32.9. The molecule has 0 aromatic heterocycles. The van der Waals surface area contributed by atoms with Crippen LogP contribution in [0.1, 0.15) is 67.8 Å². The number of amides is 1. The van der Waals surface area contributed by atoms with Crippen molar-refractivity contribution in [2.45, 2.75) is 74.0 Å². The van der Waals surface area contributed by atoms with E-state index in [1.807, 2.05) is 30.3 Å². The van der Waals surface area contributed by atoms with Gasteiger partial charge in [0.05, 0.1) is 11.5 Å². The molecule has 4 aromatic carbocycles. The molecule has 12 nitrogen and oxygen atoms in total. The van der Waals surface area contributed by atoms with E-state index >= 15 is 0 Å². The highest BCUT2D eigenvalue weighted by molar-refractivity contribution is 7.99. The van der Waals surface area contributed by atoms with Crippen molar-refractivity contribution in [1.82, 2.24) is 19.4 Å². The third kappa shape index (κ3) is 14.6. The first-order chi connectivity index (χ1) is 34.0. The van der Waals surface area contributed by atoms with Gasteiger partial charge in [-0.15, -0.1) is 11.8 Å². The smallest absolute Gasteiger partial charge is 0.264 e. The number of benzene rings is 4. The highest BCUT2D eigenvalue weighted by Crippen LogP contribution is 2.44. The van der Waals surface area contributed by atoms with Gasteiger partial charge in [0.15, 0.2) is 6.29 Å². The maximum atomic E-state index is 13.5. The Kier molecular flexibility index (Phi) is 18.8. The first-order valence-corrected chi connectivity index (χ1v) is 28.0. The van der Waals surface area contributed by atoms with Crippen LogP contribution in [0.2, 0.25) is 5.02 Å². The molecule has 3 aliphatic heterocycles. The molecule has 2 atom stereocenters. The summed E-state index contributed by atoms with van der Waals surface area (Å²) in [6.07, 6.45) is 7.29. The number of hydrogen-bond acceptors (Lipinski definition) is 12. The molecule has 1 aliphatic carbocycles. The summed E-state index contributed by atoms with van der Waals surface area (Å²) in [5.41, 5.74) is 6.60. The summed E-state index contributed by atoms with van der Waals surface area (Å²) in [5, 5.41) is 4.41. The van der Waals surface area contributed by atoms with Crippen LogP contribution in [-0.4, -0.2) is 147 Å². The first-order valence-electron chi connectivity index (χ1n) is 25.2. The maximum Gasteiger partial charge on any atom is 0.264 e. The molecule has 4 aromatic rings. The van der Waals surface area contributed by atoms with Crippen molar-refractivity contribution in [3.05, 3.63) is 125 Å². The Morgan fingerprint density at radius 3 is 2.24 bits per heavy atom. The lowest BCUT2D eigenvalue weighted by molar-refractivity contribution is -0.147. The second-order valence-corrected chi connectivity index (χ2v) is 23.1. The Morgan fingerprint density at radius 2 is 1.54 bits per heavy atom. The van der Waals surface area contributed by atoms with E-state index in [0.29, 0.717) is 11.5 Å². The highest BCUT2D eigenvalue weighted by atomic mass is 35.5. The molecule has 378 valence electrons. The predicted molar refractivity (Wildman–Crippen MR) is 285 cm³/mol. The van der Waals surface area contributed by atoms with Crippen molar-refractivity contribution >= 4 is 56.2 Å². The van der Waals surface area contributed by atoms with E-state index in [2.05, 4.69) is 73.0 Å². The van der Waals surface area contributed by atoms with Gasteiger partial charge in [-0.05, 0) is 147 Å². The van der Waals surface area contributed by atoms with Crippen LogP contribution in [0.15, 0.2) is 118 Å². The second kappa shape index (κ2) is 25.1. The summed E-state index contributed by atoms with van der Waals surface area (Å²) in [6.45, 7) is 14.7. The van der Waals surface area contributed by atoms with Gasteiger partial charge in [-0.25, -0.2) is 13.1 Å². The van der Waals surface area contributed by atoms with E-state index in [1.54, 1.807) is 62.4 Å². The zero-order valence-corrected chi connectivity index (χ0v) is 43.7. The Labute approximate surface area is 426 Å². The van der Waals surface area contributed by atoms with Gasteiger partial charge < -0.3 is 34.2 Å². The molecule has 4 aliphatic rings. The molecule has 70 heavy (non-hydrogen) atoms. The molecule has 0 bridgehead atoms. The normalized spacial score (nSPS) is 20.9. The van der Waals surface area contributed by atoms with Crippen molar-refractivity contribution in [2.75, 3.05) is 115 Å². The van der Waals surface area contributed by atoms with Gasteiger partial charge in [0.25, 0.3) is 15.9 Å². The van der Waals surface area contributed by atoms with Crippen LogP contribution in [0.3, 0.4) is 0 Å². The van der Waals surface area contributed by atoms with Crippen molar-refractivity contribution in [1.29, 1.82) is 0 Å². The van der Waals surface area contributed by atoms with Crippen LogP contribution >= 0.6 is 23.4 Å². The fraction of sp³-hybridized carbons (Fsp3) is 0.509. The third-order valence-electron chi connectivity index (χ3n) is 14.7. The summed E-state index contributed by atoms with van der Waals surface area (Å²) >= 11 is 8.15. The van der Waals surface area contributed by atoms with Crippen LogP contribution in [0.5, 0.6) is 0 Å². The number of carbonyl (C=O) groups is 1. The standard InChI is InChI=1S/C55H73ClN6O6S2/c1-55(41-61-28-23-44(24-29-61)54(66-2)67-3)26-22-52(42-10-14-46(56)15-11-42)45(38-55)39-60-31-33-62(34-32-60)49-18-12-43(13-19-49)53(63)58-70(64,65)51-20-16-47(17-21-51)57-48(40-69-50-8-5-4-6-9-50)25-30-59-27-7-36-68-37-35-59/h4-6,8-21,44,48,54,57H,7,22-41H2,1-3H3,(H,58,63)/t48-,55-/m1/s1. The number of anilines is 2. The van der Waals surface area contributed by atoms with Crippen molar-refractivity contribution in [3.63, 3.8) is 0 Å². The number of nitrogens with one attached hydrogen (secondary N) is 2. The number of piperidine rings is 1. The summed E-state index contributed by atoms with van der Waals surface area (Å²) in [4.78, 5) is 24.7. The van der Waals surface area contributed by atoms with Gasteiger partial charge in [0.2, 0.25) is 0 Å². The SMILES string of the molecule is COC(OC)C1CCN(C[C@]2(C)CCC(c3ccc(Cl)cc3)=C(CN3CCN(c4ccc(C(=O)NS(=O)(=O)c5ccc(N[C@H](CCN6CCCOCC6)CSc6ccccc6)cc5)cc4)CC3)C2)CC1. The Hall–Kier alpha value is -3.96. The first kappa shape index (κ1) is 52.4. The number of thioether (sulfide) groups is 1. The van der Waals surface area contributed by atoms with Crippen LogP contribution in [-0.2, 0) is 24.2 Å². The van der Waals surface area contributed by atoms with Crippen molar-refractivity contribution in [2.24, 2.45) is 11.3 Å². The number of hydrogen-bond donors (Lipinski definition) is 2. The van der Waals surface area contributed by atoms with Crippen molar-refractivity contribution in [3.8, 4) is 0 Å². The topological polar surface area (TPSA) is 116 Å². The molecular formula is C55H73ClN6O6S2. The largest absolute Gasteiger partial charge is 0.381 e. The molecule has 0 unspecified atom stereocenters. The number of halogens is 1. The van der Waals surface area contributed by atoms with Crippen LogP contribution in [0, 0.1) is 11.3 Å². The zero-order valence-electron chi connectivity index (χ0n) is 41.3. The lowest BCUT2D eigenvalue weighted by Gasteiger charge is -2.44. The molecule has 8 rings (SSSR count). The molecular weight excluding hydrogens is 940 g/mol. The van der Waals surface area contributed by atoms with E-state index in [1.165, 1.54) is 21.6 Å². The molecule has 3 fully saturated rings. The fourth-order valence-corrected chi connectivity index (χ4v) is 12.8. The minimum Gasteiger partial charge on any atom is -0.381 e. The van der Waals surface area contributed by atoms with Crippen LogP contribution in [0.25, 0.3) is 5.57 Å². The number of ether oxygens (including phenoxy) is 3. The molecule has 2 N–H and O–H groups in total. The Balaban J connectivity index is 0.837. The van der Waals surface area contributed by atoms with E-state index in [9.17, 15) is 13.2 Å². The van der Waals surface area contributed by atoms with Crippen LogP contribution in [0.4, 0.5) is 11.4 Å². The predicted octanol–water partition coefficient (Wildman–Crippen LogP) is 9.24. The number of sulfonamides is 1. The maximum absolute atomic E-state index is 13.5. The number of likely N-dealkylation sites (tertiary alicyclic amines) is 1. The number of piperazine rings is 1. The average Bonchev–Trinajstić information content (AvgIpc) is 3.66. The number of methoxy groups -OCH3 is 2. The number of carbonyl (C=O) groups excluding carboxylic acids is 1. The van der Waals surface area contributed by atoms with Gasteiger partial charge in [-0.1, -0.05) is 54.4 Å². The minimum absolute atomic E-state index is 0.0361. The molecule has 15 heteroatoms. The molecule has 1 amide bonds. The number of nitrogens with zero attached hydrogens (tertiary/aromatic N) is 4. The van der Waals surface area contributed by atoms with E-state index in [0.717, 1.165) is 152 Å². The second-order valence-electron chi connectivity index (χ2n) is 19.9. The molecule has 0 radical (unpaired) electrons. The molecule has 0 saturated carbocycles. The van der Waals surface area contributed by atoms with Crippen molar-refractivity contribution < 1.29 is 27.4 Å². The Bertz CT molecular complexity index is 2400. The lowest BCUT2D eigenvalue weighted by atomic mass is 9.71. The summed E-state index contributed by atoms with van der Waals surface area (Å²) < 4.78 is 46.1. The highest BCUT2D eigenvalue weighted by Gasteiger charge is 2.36. The molecule has 3 heterocycles. The quantitative estimate of drug-likeness (QED) is 0.0650. The summed E-state index contributed by atoms with van der Waals surface area (Å²) in [7, 11) is -0.628. The molecule has 3 saturated heterocycles. The Morgan fingerprint density at radius 1 is 0.829 bits per heavy atom. The third-order valence-corrected chi connectivity index (χ3v) is 17.4. The van der Waals surface area contributed by atoms with E-state index in [4.69, 9.17) is 25.8 Å². The molecule has 0 spiro atoms. The van der Waals surface area contributed by atoms with E-state index in [-0.39, 0.29) is 22.6 Å².